The van der Waals surface area contributed by atoms with Gasteiger partial charge < -0.3 is 18.8 Å². The number of aromatic nitrogens is 4. The first kappa shape index (κ1) is 20.2. The number of rotatable bonds is 8. The maximum absolute atomic E-state index is 11.4. The van der Waals surface area contributed by atoms with Crippen LogP contribution in [0, 0.1) is 18.8 Å². The van der Waals surface area contributed by atoms with Gasteiger partial charge in [-0.05, 0) is 43.9 Å². The standard InChI is InChI=1S/C25H26N4O4/c1-15-24(26-21-7-17(11-30)8-23(31-2)29(15)21)20-9-19-5-6-22(33-14-18-12-32-13-18)27-25(19)28(20)10-16-3-4-16/h5-9,11,16,18H,3-4,10,12-14H2,1-2H3. The Morgan fingerprint density at radius 3 is 2.70 bits per heavy atom. The minimum Gasteiger partial charge on any atom is -0.482 e. The zero-order valence-electron chi connectivity index (χ0n) is 18.8. The lowest BCUT2D eigenvalue weighted by atomic mass is 10.1. The maximum atomic E-state index is 11.4. The van der Waals surface area contributed by atoms with Crippen LogP contribution < -0.4 is 9.47 Å². The molecule has 0 spiro atoms. The molecule has 0 unspecified atom stereocenters. The summed E-state index contributed by atoms with van der Waals surface area (Å²) in [6, 6.07) is 9.67. The lowest BCUT2D eigenvalue weighted by molar-refractivity contribution is -0.0513. The van der Waals surface area contributed by atoms with E-state index in [-0.39, 0.29) is 0 Å². The molecular weight excluding hydrogens is 420 g/mol. The van der Waals surface area contributed by atoms with E-state index in [1.165, 1.54) is 12.8 Å². The Balaban J connectivity index is 1.47. The number of carbonyl (C=O) groups excluding carboxylic acids is 1. The van der Waals surface area contributed by atoms with Gasteiger partial charge in [-0.25, -0.2) is 4.98 Å². The normalized spacial score (nSPS) is 16.3. The summed E-state index contributed by atoms with van der Waals surface area (Å²) in [5, 5.41) is 1.06. The fourth-order valence-corrected chi connectivity index (χ4v) is 4.47. The predicted octanol–water partition coefficient (Wildman–Crippen LogP) is 3.92. The second-order valence-electron chi connectivity index (χ2n) is 9.05. The van der Waals surface area contributed by atoms with Crippen molar-refractivity contribution in [2.75, 3.05) is 26.9 Å². The molecule has 4 aromatic rings. The fraction of sp³-hybridized carbons (Fsp3) is 0.400. The van der Waals surface area contributed by atoms with E-state index in [9.17, 15) is 4.79 Å². The average molecular weight is 447 g/mol. The maximum Gasteiger partial charge on any atom is 0.215 e. The third kappa shape index (κ3) is 3.54. The van der Waals surface area contributed by atoms with Crippen molar-refractivity contribution in [2.24, 2.45) is 11.8 Å². The van der Waals surface area contributed by atoms with E-state index in [2.05, 4.69) is 16.7 Å². The van der Waals surface area contributed by atoms with Crippen LogP contribution in [0.15, 0.2) is 30.3 Å². The van der Waals surface area contributed by atoms with Gasteiger partial charge in [-0.15, -0.1) is 0 Å². The molecule has 1 saturated carbocycles. The average Bonchev–Trinajstić information content (AvgIpc) is 3.47. The Bertz CT molecular complexity index is 1360. The quantitative estimate of drug-likeness (QED) is 0.382. The summed E-state index contributed by atoms with van der Waals surface area (Å²) < 4.78 is 21.0. The minimum atomic E-state index is 0.447. The van der Waals surface area contributed by atoms with E-state index in [1.54, 1.807) is 19.2 Å². The molecule has 2 fully saturated rings. The highest BCUT2D eigenvalue weighted by Gasteiger charge is 2.27. The summed E-state index contributed by atoms with van der Waals surface area (Å²) in [5.41, 5.74) is 4.98. The molecule has 6 rings (SSSR count). The highest BCUT2D eigenvalue weighted by atomic mass is 16.5. The van der Waals surface area contributed by atoms with Crippen molar-refractivity contribution < 1.29 is 19.0 Å². The molecule has 8 nitrogen and oxygen atoms in total. The summed E-state index contributed by atoms with van der Waals surface area (Å²) in [6.07, 6.45) is 3.28. The number of pyridine rings is 2. The number of hydrogen-bond donors (Lipinski definition) is 0. The summed E-state index contributed by atoms with van der Waals surface area (Å²) >= 11 is 0. The lowest BCUT2D eigenvalue weighted by Gasteiger charge is -2.25. The van der Waals surface area contributed by atoms with Crippen LogP contribution in [-0.2, 0) is 11.3 Å². The number of fused-ring (bicyclic) bond motifs is 2. The predicted molar refractivity (Wildman–Crippen MR) is 123 cm³/mol. The van der Waals surface area contributed by atoms with Crippen LogP contribution >= 0.6 is 0 Å². The van der Waals surface area contributed by atoms with Crippen LogP contribution in [0.5, 0.6) is 11.8 Å². The van der Waals surface area contributed by atoms with Gasteiger partial charge in [0.25, 0.3) is 0 Å². The molecule has 4 aromatic heterocycles. The Labute approximate surface area is 191 Å². The molecule has 170 valence electrons. The first-order valence-electron chi connectivity index (χ1n) is 11.4. The van der Waals surface area contributed by atoms with Gasteiger partial charge in [-0.2, -0.15) is 4.98 Å². The van der Waals surface area contributed by atoms with Gasteiger partial charge in [0.1, 0.15) is 23.3 Å². The van der Waals surface area contributed by atoms with E-state index in [0.717, 1.165) is 54.2 Å². The summed E-state index contributed by atoms with van der Waals surface area (Å²) in [7, 11) is 1.60. The number of aryl methyl sites for hydroxylation is 1. The topological polar surface area (TPSA) is 79.9 Å². The van der Waals surface area contributed by atoms with Crippen molar-refractivity contribution in [3.05, 3.63) is 41.6 Å². The minimum absolute atomic E-state index is 0.447. The van der Waals surface area contributed by atoms with Gasteiger partial charge in [0.2, 0.25) is 5.88 Å². The molecule has 1 aliphatic carbocycles. The van der Waals surface area contributed by atoms with E-state index in [4.69, 9.17) is 24.2 Å². The molecule has 5 heterocycles. The third-order valence-corrected chi connectivity index (χ3v) is 6.56. The van der Waals surface area contributed by atoms with Crippen LogP contribution in [0.3, 0.4) is 0 Å². The SMILES string of the molecule is COc1cc(C=O)cc2nc(-c3cc4ccc(OCC5COC5)nc4n3CC3CC3)c(C)n12. The van der Waals surface area contributed by atoms with Crippen LogP contribution in [0.4, 0.5) is 0 Å². The first-order chi connectivity index (χ1) is 16.1. The van der Waals surface area contributed by atoms with Crippen molar-refractivity contribution in [1.82, 2.24) is 18.9 Å². The Kier molecular flexibility index (Phi) is 4.83. The van der Waals surface area contributed by atoms with Gasteiger partial charge in [-0.1, -0.05) is 0 Å². The lowest BCUT2D eigenvalue weighted by Crippen LogP contribution is -2.32. The van der Waals surface area contributed by atoms with E-state index in [0.29, 0.717) is 41.4 Å². The molecule has 1 aliphatic heterocycles. The zero-order chi connectivity index (χ0) is 22.5. The molecule has 0 amide bonds. The molecule has 0 aromatic carbocycles. The third-order valence-electron chi connectivity index (χ3n) is 6.56. The molecule has 0 N–H and O–H groups in total. The molecule has 33 heavy (non-hydrogen) atoms. The first-order valence-corrected chi connectivity index (χ1v) is 11.4. The number of ether oxygens (including phenoxy) is 3. The van der Waals surface area contributed by atoms with E-state index < -0.39 is 0 Å². The highest BCUT2D eigenvalue weighted by Crippen LogP contribution is 2.37. The molecule has 8 heteroatoms. The molecular formula is C25H26N4O4. The molecule has 0 radical (unpaired) electrons. The zero-order valence-corrected chi connectivity index (χ0v) is 18.8. The second kappa shape index (κ2) is 7.88. The Morgan fingerprint density at radius 1 is 1.15 bits per heavy atom. The molecule has 0 bridgehead atoms. The number of hydrogen-bond acceptors (Lipinski definition) is 6. The van der Waals surface area contributed by atoms with Crippen LogP contribution in [0.2, 0.25) is 0 Å². The largest absolute Gasteiger partial charge is 0.482 e. The van der Waals surface area contributed by atoms with Crippen molar-refractivity contribution >= 4 is 23.0 Å². The number of methoxy groups -OCH3 is 1. The monoisotopic (exact) mass is 446 g/mol. The van der Waals surface area contributed by atoms with Crippen molar-refractivity contribution in [1.29, 1.82) is 0 Å². The van der Waals surface area contributed by atoms with Crippen molar-refractivity contribution in [3.8, 4) is 23.1 Å². The summed E-state index contributed by atoms with van der Waals surface area (Å²) in [6.45, 7) is 5.06. The Hall–Kier alpha value is -3.39. The number of carbonyl (C=O) groups is 1. The summed E-state index contributed by atoms with van der Waals surface area (Å²) in [5.74, 6) is 2.33. The van der Waals surface area contributed by atoms with Gasteiger partial charge in [0.05, 0.1) is 38.3 Å². The van der Waals surface area contributed by atoms with Gasteiger partial charge in [-0.3, -0.25) is 9.20 Å². The van der Waals surface area contributed by atoms with Crippen LogP contribution in [0.1, 0.15) is 28.9 Å². The summed E-state index contributed by atoms with van der Waals surface area (Å²) in [4.78, 5) is 21.2. The molecule has 2 aliphatic rings. The van der Waals surface area contributed by atoms with Crippen molar-refractivity contribution in [3.63, 3.8) is 0 Å². The number of imidazole rings is 1. The number of aldehydes is 1. The smallest absolute Gasteiger partial charge is 0.215 e. The highest BCUT2D eigenvalue weighted by molar-refractivity contribution is 5.85. The fourth-order valence-electron chi connectivity index (χ4n) is 4.47. The molecule has 0 atom stereocenters. The van der Waals surface area contributed by atoms with Crippen LogP contribution in [-0.4, -0.2) is 52.2 Å². The number of nitrogens with zero attached hydrogens (tertiary/aromatic N) is 4. The van der Waals surface area contributed by atoms with Crippen molar-refractivity contribution in [2.45, 2.75) is 26.3 Å². The van der Waals surface area contributed by atoms with Gasteiger partial charge in [0, 0.05) is 35.5 Å². The van der Waals surface area contributed by atoms with E-state index >= 15 is 0 Å². The Morgan fingerprint density at radius 2 is 2.00 bits per heavy atom. The van der Waals surface area contributed by atoms with Crippen LogP contribution in [0.25, 0.3) is 28.1 Å². The van der Waals surface area contributed by atoms with Gasteiger partial charge in [0.15, 0.2) is 5.88 Å². The van der Waals surface area contributed by atoms with E-state index in [1.807, 2.05) is 17.4 Å². The van der Waals surface area contributed by atoms with Gasteiger partial charge >= 0.3 is 0 Å². The molecule has 1 saturated heterocycles. The second-order valence-corrected chi connectivity index (χ2v) is 9.05.